The van der Waals surface area contributed by atoms with Gasteiger partial charge in [-0.3, -0.25) is 4.79 Å². The SMILES string of the molecule is CN(Cc1cnn(-c2ccccc2)c1)C(=O)Cn1cnnn1. The molecule has 0 saturated heterocycles. The van der Waals surface area contributed by atoms with Crippen LogP contribution in [0.5, 0.6) is 0 Å². The molecule has 3 rings (SSSR count). The van der Waals surface area contributed by atoms with E-state index in [1.165, 1.54) is 11.0 Å². The fraction of sp³-hybridized carbons (Fsp3) is 0.214. The van der Waals surface area contributed by atoms with Crippen LogP contribution in [0.2, 0.25) is 0 Å². The van der Waals surface area contributed by atoms with Crippen molar-refractivity contribution in [2.45, 2.75) is 13.1 Å². The van der Waals surface area contributed by atoms with Crippen molar-refractivity contribution >= 4 is 5.91 Å². The van der Waals surface area contributed by atoms with E-state index in [1.54, 1.807) is 22.8 Å². The molecular formula is C14H15N7O. The summed E-state index contributed by atoms with van der Waals surface area (Å²) >= 11 is 0. The fourth-order valence-electron chi connectivity index (χ4n) is 2.04. The summed E-state index contributed by atoms with van der Waals surface area (Å²) in [5, 5.41) is 15.0. The zero-order valence-electron chi connectivity index (χ0n) is 12.1. The molecule has 2 aromatic heterocycles. The lowest BCUT2D eigenvalue weighted by Crippen LogP contribution is -2.29. The molecule has 0 aliphatic rings. The summed E-state index contributed by atoms with van der Waals surface area (Å²) in [6, 6.07) is 9.82. The number of carbonyl (C=O) groups excluding carboxylic acids is 1. The maximum Gasteiger partial charge on any atom is 0.244 e. The van der Waals surface area contributed by atoms with E-state index in [0.29, 0.717) is 6.54 Å². The van der Waals surface area contributed by atoms with E-state index in [9.17, 15) is 4.79 Å². The number of likely N-dealkylation sites (N-methyl/N-ethyl adjacent to an activating group) is 1. The van der Waals surface area contributed by atoms with Gasteiger partial charge in [0, 0.05) is 25.4 Å². The number of hydrogen-bond acceptors (Lipinski definition) is 5. The highest BCUT2D eigenvalue weighted by Gasteiger charge is 2.12. The van der Waals surface area contributed by atoms with Gasteiger partial charge in [-0.25, -0.2) is 9.36 Å². The molecule has 0 bridgehead atoms. The van der Waals surface area contributed by atoms with E-state index in [0.717, 1.165) is 11.3 Å². The Morgan fingerprint density at radius 3 is 2.82 bits per heavy atom. The normalized spacial score (nSPS) is 10.6. The lowest BCUT2D eigenvalue weighted by atomic mass is 10.3. The number of hydrogen-bond donors (Lipinski definition) is 0. The van der Waals surface area contributed by atoms with Gasteiger partial charge in [-0.1, -0.05) is 18.2 Å². The van der Waals surface area contributed by atoms with Crippen LogP contribution >= 0.6 is 0 Å². The van der Waals surface area contributed by atoms with Gasteiger partial charge < -0.3 is 4.90 Å². The Bertz CT molecular complexity index is 736. The topological polar surface area (TPSA) is 81.7 Å². The van der Waals surface area contributed by atoms with Crippen molar-refractivity contribution in [3.05, 3.63) is 54.6 Å². The quantitative estimate of drug-likeness (QED) is 0.685. The third-order valence-electron chi connectivity index (χ3n) is 3.19. The van der Waals surface area contributed by atoms with Gasteiger partial charge in [-0.15, -0.1) is 5.10 Å². The van der Waals surface area contributed by atoms with Crippen LogP contribution in [-0.4, -0.2) is 47.8 Å². The molecule has 0 aliphatic heterocycles. The Morgan fingerprint density at radius 1 is 1.27 bits per heavy atom. The Balaban J connectivity index is 1.63. The Labute approximate surface area is 127 Å². The van der Waals surface area contributed by atoms with Gasteiger partial charge in [-0.05, 0) is 22.6 Å². The number of nitrogens with zero attached hydrogens (tertiary/aromatic N) is 7. The smallest absolute Gasteiger partial charge is 0.244 e. The standard InChI is InChI=1S/C14H15N7O/c1-19(14(22)10-20-11-15-17-18-20)8-12-7-16-21(9-12)13-5-3-2-4-6-13/h2-7,9,11H,8,10H2,1H3. The van der Waals surface area contributed by atoms with Gasteiger partial charge >= 0.3 is 0 Å². The van der Waals surface area contributed by atoms with Crippen LogP contribution in [0.15, 0.2) is 49.1 Å². The molecule has 1 aromatic carbocycles. The second-order valence-electron chi connectivity index (χ2n) is 4.89. The number of amides is 1. The zero-order chi connectivity index (χ0) is 15.4. The van der Waals surface area contributed by atoms with Crippen molar-refractivity contribution in [2.75, 3.05) is 7.05 Å². The molecule has 3 aromatic rings. The van der Waals surface area contributed by atoms with E-state index in [2.05, 4.69) is 20.6 Å². The molecule has 22 heavy (non-hydrogen) atoms. The predicted molar refractivity (Wildman–Crippen MR) is 77.9 cm³/mol. The van der Waals surface area contributed by atoms with Crippen molar-refractivity contribution in [3.63, 3.8) is 0 Å². The number of aromatic nitrogens is 6. The summed E-state index contributed by atoms with van der Waals surface area (Å²) in [6.45, 7) is 0.601. The van der Waals surface area contributed by atoms with E-state index in [1.807, 2.05) is 36.5 Å². The number of tetrazole rings is 1. The second kappa shape index (κ2) is 6.17. The molecular weight excluding hydrogens is 282 g/mol. The summed E-state index contributed by atoms with van der Waals surface area (Å²) in [5.74, 6) is -0.0697. The molecule has 8 nitrogen and oxygen atoms in total. The highest BCUT2D eigenvalue weighted by Crippen LogP contribution is 2.09. The molecule has 0 N–H and O–H groups in total. The lowest BCUT2D eigenvalue weighted by molar-refractivity contribution is -0.131. The van der Waals surface area contributed by atoms with Crippen LogP contribution in [0.3, 0.4) is 0 Å². The minimum absolute atomic E-state index is 0.0697. The molecule has 8 heteroatoms. The number of benzene rings is 1. The van der Waals surface area contributed by atoms with E-state index >= 15 is 0 Å². The van der Waals surface area contributed by atoms with E-state index in [-0.39, 0.29) is 12.5 Å². The first-order chi connectivity index (χ1) is 10.7. The Hall–Kier alpha value is -3.03. The average Bonchev–Trinajstić information content (AvgIpc) is 3.20. The lowest BCUT2D eigenvalue weighted by Gasteiger charge is -2.15. The summed E-state index contributed by atoms with van der Waals surface area (Å²) in [5.41, 5.74) is 1.94. The van der Waals surface area contributed by atoms with Crippen LogP contribution in [0.25, 0.3) is 5.69 Å². The predicted octanol–water partition coefficient (Wildman–Crippen LogP) is 0.517. The van der Waals surface area contributed by atoms with Crippen molar-refractivity contribution < 1.29 is 4.79 Å². The second-order valence-corrected chi connectivity index (χ2v) is 4.89. The molecule has 0 unspecified atom stereocenters. The molecule has 112 valence electrons. The van der Waals surface area contributed by atoms with Crippen LogP contribution in [-0.2, 0) is 17.9 Å². The Kier molecular flexibility index (Phi) is 3.90. The van der Waals surface area contributed by atoms with Crippen LogP contribution in [0.1, 0.15) is 5.56 Å². The first-order valence-corrected chi connectivity index (χ1v) is 6.76. The highest BCUT2D eigenvalue weighted by molar-refractivity contribution is 5.75. The van der Waals surface area contributed by atoms with E-state index < -0.39 is 0 Å². The first kappa shape index (κ1) is 13.9. The molecule has 2 heterocycles. The van der Waals surface area contributed by atoms with Crippen LogP contribution in [0.4, 0.5) is 0 Å². The molecule has 0 radical (unpaired) electrons. The van der Waals surface area contributed by atoms with Crippen molar-refractivity contribution in [1.82, 2.24) is 34.9 Å². The van der Waals surface area contributed by atoms with Gasteiger partial charge in [0.05, 0.1) is 11.9 Å². The maximum atomic E-state index is 12.1. The molecule has 0 spiro atoms. The van der Waals surface area contributed by atoms with Gasteiger partial charge in [-0.2, -0.15) is 5.10 Å². The van der Waals surface area contributed by atoms with Crippen LogP contribution < -0.4 is 0 Å². The third kappa shape index (κ3) is 3.17. The molecule has 0 saturated carbocycles. The van der Waals surface area contributed by atoms with Crippen molar-refractivity contribution in [1.29, 1.82) is 0 Å². The van der Waals surface area contributed by atoms with Gasteiger partial charge in [0.25, 0.3) is 0 Å². The monoisotopic (exact) mass is 297 g/mol. The van der Waals surface area contributed by atoms with Crippen molar-refractivity contribution in [3.8, 4) is 5.69 Å². The molecule has 0 fully saturated rings. The first-order valence-electron chi connectivity index (χ1n) is 6.76. The Morgan fingerprint density at radius 2 is 2.09 bits per heavy atom. The largest absolute Gasteiger partial charge is 0.340 e. The van der Waals surface area contributed by atoms with E-state index in [4.69, 9.17) is 0 Å². The summed E-state index contributed by atoms with van der Waals surface area (Å²) in [4.78, 5) is 13.7. The maximum absolute atomic E-state index is 12.1. The molecule has 1 amide bonds. The summed E-state index contributed by atoms with van der Waals surface area (Å²) in [6.07, 6.45) is 5.09. The van der Waals surface area contributed by atoms with Gasteiger partial charge in [0.15, 0.2) is 0 Å². The van der Waals surface area contributed by atoms with Crippen molar-refractivity contribution in [2.24, 2.45) is 0 Å². The number of para-hydroxylation sites is 1. The van der Waals surface area contributed by atoms with Gasteiger partial charge in [0.1, 0.15) is 12.9 Å². The number of rotatable bonds is 5. The summed E-state index contributed by atoms with van der Waals surface area (Å²) < 4.78 is 3.18. The van der Waals surface area contributed by atoms with Gasteiger partial charge in [0.2, 0.25) is 5.91 Å². The summed E-state index contributed by atoms with van der Waals surface area (Å²) in [7, 11) is 1.74. The third-order valence-corrected chi connectivity index (χ3v) is 3.19. The zero-order valence-corrected chi connectivity index (χ0v) is 12.1. The fourth-order valence-corrected chi connectivity index (χ4v) is 2.04. The minimum Gasteiger partial charge on any atom is -0.340 e. The van der Waals surface area contributed by atoms with Crippen LogP contribution in [0, 0.1) is 0 Å². The number of carbonyl (C=O) groups is 1. The average molecular weight is 297 g/mol. The minimum atomic E-state index is -0.0697. The molecule has 0 atom stereocenters. The highest BCUT2D eigenvalue weighted by atomic mass is 16.2. The molecule has 0 aliphatic carbocycles.